The average Bonchev–Trinajstić information content (AvgIpc) is 3.36. The number of anilines is 1. The summed E-state index contributed by atoms with van der Waals surface area (Å²) in [5.74, 6) is -0.178. The summed E-state index contributed by atoms with van der Waals surface area (Å²) in [7, 11) is -4.17. The maximum absolute atomic E-state index is 12.9. The van der Waals surface area contributed by atoms with E-state index < -0.39 is 32.2 Å². The van der Waals surface area contributed by atoms with Crippen LogP contribution in [0.25, 0.3) is 0 Å². The van der Waals surface area contributed by atoms with Gasteiger partial charge in [-0.3, -0.25) is 4.79 Å². The summed E-state index contributed by atoms with van der Waals surface area (Å²) in [6.07, 6.45) is -4.42. The zero-order valence-corrected chi connectivity index (χ0v) is 18.2. The molecule has 0 unspecified atom stereocenters. The Kier molecular flexibility index (Phi) is 6.42. The van der Waals surface area contributed by atoms with Crippen molar-refractivity contribution in [2.45, 2.75) is 68.7 Å². The van der Waals surface area contributed by atoms with E-state index in [0.717, 1.165) is 12.1 Å². The molecule has 0 bridgehead atoms. The molecule has 166 valence electrons. The van der Waals surface area contributed by atoms with Crippen LogP contribution in [0.5, 0.6) is 0 Å². The molecule has 6 nitrogen and oxygen atoms in total. The van der Waals surface area contributed by atoms with Gasteiger partial charge < -0.3 is 9.84 Å². The van der Waals surface area contributed by atoms with E-state index in [2.05, 4.69) is 10.5 Å². The molecule has 30 heavy (non-hydrogen) atoms. The molecule has 1 N–H and O–H groups in total. The second kappa shape index (κ2) is 8.05. The zero-order valence-electron chi connectivity index (χ0n) is 17.4. The predicted octanol–water partition coefficient (Wildman–Crippen LogP) is 4.96. The lowest BCUT2D eigenvalue weighted by Crippen LogP contribution is -2.37. The van der Waals surface area contributed by atoms with Crippen LogP contribution < -0.4 is 5.32 Å². The lowest BCUT2D eigenvalue weighted by Gasteiger charge is -2.16. The number of halogens is 3. The van der Waals surface area contributed by atoms with Crippen molar-refractivity contribution in [1.29, 1.82) is 0 Å². The van der Waals surface area contributed by atoms with Gasteiger partial charge in [-0.2, -0.15) is 13.2 Å². The number of hydrogen-bond donors (Lipinski definition) is 1. The average molecular weight is 446 g/mol. The number of aromatic nitrogens is 1. The van der Waals surface area contributed by atoms with Crippen LogP contribution in [0.1, 0.15) is 58.8 Å². The highest BCUT2D eigenvalue weighted by atomic mass is 32.2. The molecule has 1 aliphatic rings. The highest BCUT2D eigenvalue weighted by Crippen LogP contribution is 2.48. The van der Waals surface area contributed by atoms with Crippen molar-refractivity contribution in [3.05, 3.63) is 41.7 Å². The number of hydrogen-bond acceptors (Lipinski definition) is 5. The Balaban J connectivity index is 0.00000155. The highest BCUT2D eigenvalue weighted by Gasteiger charge is 2.61. The van der Waals surface area contributed by atoms with Gasteiger partial charge in [-0.1, -0.05) is 39.8 Å². The first-order chi connectivity index (χ1) is 13.8. The molecule has 1 aliphatic carbocycles. The SMILES string of the molecule is CC.CC(C)(C)c1cc(NC(=O)C2(S(=O)(=O)c3ccc(C(F)(F)F)cc3)CC2)no1. The van der Waals surface area contributed by atoms with Crippen LogP contribution in [0.3, 0.4) is 0 Å². The van der Waals surface area contributed by atoms with Crippen LogP contribution >= 0.6 is 0 Å². The number of amides is 1. The first-order valence-corrected chi connectivity index (χ1v) is 11.0. The van der Waals surface area contributed by atoms with Gasteiger partial charge in [-0.15, -0.1) is 0 Å². The molecule has 1 aromatic heterocycles. The van der Waals surface area contributed by atoms with Crippen molar-refractivity contribution < 1.29 is 30.9 Å². The topological polar surface area (TPSA) is 89.3 Å². The van der Waals surface area contributed by atoms with Crippen molar-refractivity contribution in [3.63, 3.8) is 0 Å². The zero-order chi connectivity index (χ0) is 23.0. The van der Waals surface area contributed by atoms with Gasteiger partial charge in [0.2, 0.25) is 5.91 Å². The van der Waals surface area contributed by atoms with E-state index in [1.165, 1.54) is 6.07 Å². The molecule has 1 amide bonds. The minimum atomic E-state index is -4.57. The van der Waals surface area contributed by atoms with Gasteiger partial charge in [-0.05, 0) is 37.1 Å². The molecule has 1 aromatic carbocycles. The maximum Gasteiger partial charge on any atom is 0.416 e. The molecular formula is C20H25F3N2O4S. The Morgan fingerprint density at radius 2 is 1.63 bits per heavy atom. The number of nitrogens with one attached hydrogen (secondary N) is 1. The molecule has 2 aromatic rings. The fourth-order valence-corrected chi connectivity index (χ4v) is 4.58. The summed E-state index contributed by atoms with van der Waals surface area (Å²) < 4.78 is 67.3. The largest absolute Gasteiger partial charge is 0.416 e. The highest BCUT2D eigenvalue weighted by molar-refractivity contribution is 7.94. The fourth-order valence-electron chi connectivity index (χ4n) is 2.70. The third-order valence-electron chi connectivity index (χ3n) is 4.62. The fraction of sp³-hybridized carbons (Fsp3) is 0.500. The van der Waals surface area contributed by atoms with Gasteiger partial charge in [0.05, 0.1) is 10.5 Å². The Bertz CT molecular complexity index is 1000. The first kappa shape index (κ1) is 23.9. The van der Waals surface area contributed by atoms with E-state index in [4.69, 9.17) is 4.52 Å². The summed E-state index contributed by atoms with van der Waals surface area (Å²) in [4.78, 5) is 12.3. The molecule has 3 rings (SSSR count). The number of alkyl halides is 3. The van der Waals surface area contributed by atoms with Crippen LogP contribution in [0.15, 0.2) is 39.8 Å². The van der Waals surface area contributed by atoms with Crippen molar-refractivity contribution in [1.82, 2.24) is 5.16 Å². The van der Waals surface area contributed by atoms with Gasteiger partial charge >= 0.3 is 6.18 Å². The summed E-state index contributed by atoms with van der Waals surface area (Å²) >= 11 is 0. The maximum atomic E-state index is 12.9. The van der Waals surface area contributed by atoms with E-state index in [-0.39, 0.29) is 29.0 Å². The summed E-state index contributed by atoms with van der Waals surface area (Å²) in [6.45, 7) is 9.66. The number of benzene rings is 1. The third kappa shape index (κ3) is 4.53. The number of carbonyl (C=O) groups excluding carboxylic acids is 1. The molecule has 10 heteroatoms. The smallest absolute Gasteiger partial charge is 0.359 e. The van der Waals surface area contributed by atoms with Gasteiger partial charge in [0, 0.05) is 11.5 Å². The van der Waals surface area contributed by atoms with E-state index >= 15 is 0 Å². The second-order valence-corrected chi connectivity index (χ2v) is 10.1. The summed E-state index contributed by atoms with van der Waals surface area (Å²) in [5.41, 5.74) is -1.31. The molecule has 0 atom stereocenters. The molecule has 0 radical (unpaired) electrons. The minimum absolute atomic E-state index is 0.0756. The molecule has 1 saturated carbocycles. The van der Waals surface area contributed by atoms with Crippen LogP contribution in [0, 0.1) is 0 Å². The standard InChI is InChI=1S/C18H19F3N2O4S.C2H6/c1-16(2,3)13-10-14(23-27-13)22-15(24)17(8-9-17)28(25,26)12-6-4-11(5-7-12)18(19,20)21;1-2/h4-7,10H,8-9H2,1-3H3,(H,22,23,24);1-2H3. The predicted molar refractivity (Wildman–Crippen MR) is 106 cm³/mol. The van der Waals surface area contributed by atoms with Gasteiger partial charge in [0.25, 0.3) is 0 Å². The first-order valence-electron chi connectivity index (χ1n) is 9.48. The summed E-state index contributed by atoms with van der Waals surface area (Å²) in [5, 5.41) is 6.18. The van der Waals surface area contributed by atoms with Crippen molar-refractivity contribution in [2.24, 2.45) is 0 Å². The van der Waals surface area contributed by atoms with Gasteiger partial charge in [0.15, 0.2) is 20.4 Å². The second-order valence-electron chi connectivity index (χ2n) is 7.80. The molecule has 1 fully saturated rings. The Morgan fingerprint density at radius 3 is 2.03 bits per heavy atom. The van der Waals surface area contributed by atoms with Crippen molar-refractivity contribution in [2.75, 3.05) is 5.32 Å². The molecule has 0 aliphatic heterocycles. The number of nitrogens with zero attached hydrogens (tertiary/aromatic N) is 1. The van der Waals surface area contributed by atoms with E-state index in [0.29, 0.717) is 17.9 Å². The van der Waals surface area contributed by atoms with Gasteiger partial charge in [0.1, 0.15) is 5.76 Å². The number of rotatable bonds is 4. The Morgan fingerprint density at radius 1 is 1.10 bits per heavy atom. The van der Waals surface area contributed by atoms with Crippen molar-refractivity contribution in [3.8, 4) is 0 Å². The quantitative estimate of drug-likeness (QED) is 0.717. The summed E-state index contributed by atoms with van der Waals surface area (Å²) in [6, 6.07) is 4.64. The van der Waals surface area contributed by atoms with Crippen LogP contribution in [-0.4, -0.2) is 24.2 Å². The van der Waals surface area contributed by atoms with E-state index in [1.807, 2.05) is 34.6 Å². The number of sulfone groups is 1. The third-order valence-corrected chi connectivity index (χ3v) is 7.13. The number of carbonyl (C=O) groups is 1. The van der Waals surface area contributed by atoms with E-state index in [1.54, 1.807) is 0 Å². The minimum Gasteiger partial charge on any atom is -0.359 e. The van der Waals surface area contributed by atoms with Crippen molar-refractivity contribution >= 4 is 21.6 Å². The molecule has 0 saturated heterocycles. The normalized spacial score (nSPS) is 15.7. The monoisotopic (exact) mass is 446 g/mol. The van der Waals surface area contributed by atoms with Crippen LogP contribution in [0.2, 0.25) is 0 Å². The Labute approximate surface area is 173 Å². The Hall–Kier alpha value is -2.36. The van der Waals surface area contributed by atoms with Crippen LogP contribution in [-0.2, 0) is 26.2 Å². The van der Waals surface area contributed by atoms with Crippen LogP contribution in [0.4, 0.5) is 19.0 Å². The lowest BCUT2D eigenvalue weighted by atomic mass is 9.93. The lowest BCUT2D eigenvalue weighted by molar-refractivity contribution is -0.137. The molecule has 0 spiro atoms. The molecular weight excluding hydrogens is 421 g/mol. The van der Waals surface area contributed by atoms with Gasteiger partial charge in [-0.25, -0.2) is 8.42 Å². The van der Waals surface area contributed by atoms with E-state index in [9.17, 15) is 26.4 Å². The molecule has 1 heterocycles.